The summed E-state index contributed by atoms with van der Waals surface area (Å²) in [4.78, 5) is 19.9. The van der Waals surface area contributed by atoms with Crippen LogP contribution in [0.25, 0.3) is 10.9 Å². The number of benzene rings is 2. The quantitative estimate of drug-likeness (QED) is 0.531. The Bertz CT molecular complexity index is 1120. The van der Waals surface area contributed by atoms with Gasteiger partial charge in [-0.15, -0.1) is 0 Å². The molecule has 0 aliphatic carbocycles. The molecule has 1 fully saturated rings. The van der Waals surface area contributed by atoms with Gasteiger partial charge in [0.15, 0.2) is 11.5 Å². The number of thioether (sulfide) groups is 1. The molecule has 0 unspecified atom stereocenters. The number of para-hydroxylation sites is 1. The number of hydrogen-bond acceptors (Lipinski definition) is 5. The maximum atomic E-state index is 13.1. The number of likely N-dealkylation sites (tertiary alicyclic amines) is 1. The normalized spacial score (nSPS) is 18.2. The molecule has 6 heteroatoms. The lowest BCUT2D eigenvalue weighted by Crippen LogP contribution is -2.32. The summed E-state index contributed by atoms with van der Waals surface area (Å²) in [6, 6.07) is 16.4. The predicted octanol–water partition coefficient (Wildman–Crippen LogP) is 5.16. The molecule has 2 aliphatic heterocycles. The highest BCUT2D eigenvalue weighted by Crippen LogP contribution is 2.38. The lowest BCUT2D eigenvalue weighted by atomic mass is 10.0. The third kappa shape index (κ3) is 4.22. The van der Waals surface area contributed by atoms with Crippen LogP contribution in [0.2, 0.25) is 0 Å². The van der Waals surface area contributed by atoms with Crippen molar-refractivity contribution in [2.24, 2.45) is 0 Å². The van der Waals surface area contributed by atoms with E-state index in [1.165, 1.54) is 17.3 Å². The minimum Gasteiger partial charge on any atom is -0.490 e. The Morgan fingerprint density at radius 1 is 1.10 bits per heavy atom. The highest BCUT2D eigenvalue weighted by molar-refractivity contribution is 7.99. The van der Waals surface area contributed by atoms with Crippen LogP contribution in [0.3, 0.4) is 0 Å². The van der Waals surface area contributed by atoms with E-state index in [-0.39, 0.29) is 11.9 Å². The Hall–Kier alpha value is -2.73. The first-order valence-corrected chi connectivity index (χ1v) is 11.9. The summed E-state index contributed by atoms with van der Waals surface area (Å²) in [5.74, 6) is 2.14. The van der Waals surface area contributed by atoms with Crippen molar-refractivity contribution >= 4 is 28.6 Å². The van der Waals surface area contributed by atoms with E-state index in [4.69, 9.17) is 14.5 Å². The average Bonchev–Trinajstić information content (AvgIpc) is 3.16. The number of aryl methyl sites for hydroxylation is 1. The topological polar surface area (TPSA) is 51.7 Å². The maximum absolute atomic E-state index is 13.1. The van der Waals surface area contributed by atoms with Gasteiger partial charge in [-0.2, -0.15) is 0 Å². The van der Waals surface area contributed by atoms with Gasteiger partial charge in [-0.05, 0) is 55.2 Å². The highest BCUT2D eigenvalue weighted by atomic mass is 32.2. The van der Waals surface area contributed by atoms with Crippen molar-refractivity contribution in [1.29, 1.82) is 0 Å². The van der Waals surface area contributed by atoms with E-state index in [0.29, 0.717) is 19.0 Å². The second-order valence-electron chi connectivity index (χ2n) is 8.09. The summed E-state index contributed by atoms with van der Waals surface area (Å²) in [6.45, 7) is 4.23. The molecule has 0 N–H and O–H groups in total. The van der Waals surface area contributed by atoms with E-state index in [1.54, 1.807) is 0 Å². The van der Waals surface area contributed by atoms with Crippen molar-refractivity contribution in [3.63, 3.8) is 0 Å². The summed E-state index contributed by atoms with van der Waals surface area (Å²) < 4.78 is 11.6. The molecule has 0 saturated carbocycles. The Labute approximate surface area is 186 Å². The largest absolute Gasteiger partial charge is 0.490 e. The monoisotopic (exact) mass is 434 g/mol. The van der Waals surface area contributed by atoms with Crippen LogP contribution in [-0.4, -0.2) is 41.3 Å². The molecular formula is C25H26N2O3S. The summed E-state index contributed by atoms with van der Waals surface area (Å²) in [5.41, 5.74) is 3.29. The molecule has 1 atom stereocenters. The van der Waals surface area contributed by atoms with Crippen molar-refractivity contribution in [3.05, 3.63) is 59.7 Å². The van der Waals surface area contributed by atoms with E-state index in [2.05, 4.69) is 31.2 Å². The SMILES string of the molecule is Cc1cc(SCC(=O)N2CCC[C@@H]2c2ccc3c(c2)OCCCO3)nc2ccccc12. The van der Waals surface area contributed by atoms with E-state index in [1.807, 2.05) is 29.2 Å². The van der Waals surface area contributed by atoms with Crippen molar-refractivity contribution in [3.8, 4) is 11.5 Å². The minimum atomic E-state index is 0.0940. The lowest BCUT2D eigenvalue weighted by molar-refractivity contribution is -0.129. The first kappa shape index (κ1) is 20.2. The summed E-state index contributed by atoms with van der Waals surface area (Å²) in [6.07, 6.45) is 2.88. The third-order valence-electron chi connectivity index (χ3n) is 5.97. The average molecular weight is 435 g/mol. The molecule has 5 rings (SSSR count). The molecule has 3 heterocycles. The fourth-order valence-electron chi connectivity index (χ4n) is 4.41. The van der Waals surface area contributed by atoms with E-state index in [0.717, 1.165) is 58.8 Å². The number of carbonyl (C=O) groups excluding carboxylic acids is 1. The van der Waals surface area contributed by atoms with Crippen LogP contribution in [0, 0.1) is 6.92 Å². The zero-order chi connectivity index (χ0) is 21.2. The van der Waals surface area contributed by atoms with Crippen LogP contribution in [0.15, 0.2) is 53.6 Å². The number of amides is 1. The highest BCUT2D eigenvalue weighted by Gasteiger charge is 2.30. The fraction of sp³-hybridized carbons (Fsp3) is 0.360. The zero-order valence-electron chi connectivity index (χ0n) is 17.7. The Morgan fingerprint density at radius 3 is 2.84 bits per heavy atom. The number of fused-ring (bicyclic) bond motifs is 2. The Balaban J connectivity index is 1.30. The summed E-state index contributed by atoms with van der Waals surface area (Å²) in [7, 11) is 0. The van der Waals surface area contributed by atoms with Gasteiger partial charge in [0, 0.05) is 18.4 Å². The number of nitrogens with zero attached hydrogens (tertiary/aromatic N) is 2. The van der Waals surface area contributed by atoms with Gasteiger partial charge in [-0.3, -0.25) is 4.79 Å². The predicted molar refractivity (Wildman–Crippen MR) is 123 cm³/mol. The molecule has 3 aromatic rings. The number of pyridine rings is 1. The molecular weight excluding hydrogens is 408 g/mol. The molecule has 0 spiro atoms. The smallest absolute Gasteiger partial charge is 0.233 e. The fourth-order valence-corrected chi connectivity index (χ4v) is 5.27. The van der Waals surface area contributed by atoms with E-state index in [9.17, 15) is 4.79 Å². The van der Waals surface area contributed by atoms with Crippen LogP contribution < -0.4 is 9.47 Å². The van der Waals surface area contributed by atoms with E-state index >= 15 is 0 Å². The van der Waals surface area contributed by atoms with Gasteiger partial charge in [-0.25, -0.2) is 4.98 Å². The third-order valence-corrected chi connectivity index (χ3v) is 6.87. The first-order valence-electron chi connectivity index (χ1n) is 10.9. The number of carbonyl (C=O) groups is 1. The molecule has 1 amide bonds. The van der Waals surface area contributed by atoms with Crippen LogP contribution in [0.4, 0.5) is 0 Å². The first-order chi connectivity index (χ1) is 15.2. The maximum Gasteiger partial charge on any atom is 0.233 e. The molecule has 1 aromatic heterocycles. The Morgan fingerprint density at radius 2 is 1.94 bits per heavy atom. The molecule has 2 aromatic carbocycles. The molecule has 160 valence electrons. The van der Waals surface area contributed by atoms with Crippen LogP contribution in [-0.2, 0) is 4.79 Å². The standard InChI is InChI=1S/C25H26N2O3S/c1-17-14-24(26-20-7-3-2-6-19(17)20)31-16-25(28)27-11-4-8-21(27)18-9-10-22-23(15-18)30-13-5-12-29-22/h2-3,6-7,9-10,14-15,21H,4-5,8,11-13,16H2,1H3/t21-/m1/s1. The van der Waals surface area contributed by atoms with Crippen molar-refractivity contribution in [2.75, 3.05) is 25.5 Å². The minimum absolute atomic E-state index is 0.0940. The van der Waals surface area contributed by atoms with Crippen LogP contribution in [0.1, 0.15) is 36.4 Å². The second-order valence-corrected chi connectivity index (χ2v) is 9.08. The summed E-state index contributed by atoms with van der Waals surface area (Å²) >= 11 is 1.52. The van der Waals surface area contributed by atoms with Crippen molar-refractivity contribution in [2.45, 2.75) is 37.3 Å². The van der Waals surface area contributed by atoms with Crippen molar-refractivity contribution < 1.29 is 14.3 Å². The number of aromatic nitrogens is 1. The van der Waals surface area contributed by atoms with Gasteiger partial charge in [0.05, 0.1) is 35.6 Å². The zero-order valence-corrected chi connectivity index (χ0v) is 18.5. The number of ether oxygens (including phenoxy) is 2. The van der Waals surface area contributed by atoms with Gasteiger partial charge >= 0.3 is 0 Å². The summed E-state index contributed by atoms with van der Waals surface area (Å²) in [5, 5.41) is 2.06. The molecule has 2 aliphatic rings. The molecule has 1 saturated heterocycles. The molecule has 0 bridgehead atoms. The Kier molecular flexibility index (Phi) is 5.72. The van der Waals surface area contributed by atoms with E-state index < -0.39 is 0 Å². The van der Waals surface area contributed by atoms with Crippen LogP contribution >= 0.6 is 11.8 Å². The molecule has 5 nitrogen and oxygen atoms in total. The number of rotatable bonds is 4. The number of hydrogen-bond donors (Lipinski definition) is 0. The molecule has 31 heavy (non-hydrogen) atoms. The molecule has 0 radical (unpaired) electrons. The van der Waals surface area contributed by atoms with Crippen molar-refractivity contribution in [1.82, 2.24) is 9.88 Å². The van der Waals surface area contributed by atoms with Gasteiger partial charge in [-0.1, -0.05) is 36.0 Å². The lowest BCUT2D eigenvalue weighted by Gasteiger charge is -2.25. The van der Waals surface area contributed by atoms with Gasteiger partial charge < -0.3 is 14.4 Å². The van der Waals surface area contributed by atoms with Gasteiger partial charge in [0.25, 0.3) is 0 Å². The second kappa shape index (κ2) is 8.79. The van der Waals surface area contributed by atoms with Gasteiger partial charge in [0.1, 0.15) is 0 Å². The van der Waals surface area contributed by atoms with Gasteiger partial charge in [0.2, 0.25) is 5.91 Å². The van der Waals surface area contributed by atoms with Crippen LogP contribution in [0.5, 0.6) is 11.5 Å².